The van der Waals surface area contributed by atoms with Crippen molar-refractivity contribution < 1.29 is 28.9 Å². The lowest BCUT2D eigenvalue weighted by Crippen LogP contribution is -2.71. The minimum absolute atomic E-state index is 0.149. The van der Waals surface area contributed by atoms with Gasteiger partial charge in [0.15, 0.2) is 16.0 Å². The number of nitrogens with zero attached hydrogens (tertiary/aromatic N) is 5. The number of thioether (sulfide) groups is 1. The second-order valence-corrected chi connectivity index (χ2v) is 10.2. The number of carboxylic acids is 1. The number of rotatable bonds is 7. The van der Waals surface area contributed by atoms with Gasteiger partial charge in [0.1, 0.15) is 43.2 Å². The molecule has 1 saturated heterocycles. The number of hydrogen-bond donors (Lipinski definition) is 2. The second kappa shape index (κ2) is 9.44. The number of aliphatic carboxylic acids is 1. The summed E-state index contributed by atoms with van der Waals surface area (Å²) in [4.78, 5) is 47.9. The fraction of sp³-hybridized carbons (Fsp3) is 0.238. The molecule has 3 aromatic heterocycles. The molecule has 0 bridgehead atoms. The van der Waals surface area contributed by atoms with Crippen LogP contribution in [0, 0.1) is 0 Å². The number of aromatic nitrogens is 3. The monoisotopic (exact) mass is 547 g/mol. The molecule has 186 valence electrons. The van der Waals surface area contributed by atoms with Crippen LogP contribution in [0.1, 0.15) is 5.69 Å². The van der Waals surface area contributed by atoms with E-state index in [0.717, 1.165) is 21.9 Å². The van der Waals surface area contributed by atoms with Crippen LogP contribution in [0.4, 0.5) is 5.13 Å². The van der Waals surface area contributed by atoms with Crippen molar-refractivity contribution in [1.29, 1.82) is 0 Å². The summed E-state index contributed by atoms with van der Waals surface area (Å²) in [6.07, 6.45) is 3.55. The summed E-state index contributed by atoms with van der Waals surface area (Å²) < 4.78 is 3.59. The van der Waals surface area contributed by atoms with Crippen LogP contribution in [0.2, 0.25) is 5.15 Å². The highest BCUT2D eigenvalue weighted by atomic mass is 35.5. The van der Waals surface area contributed by atoms with E-state index in [-0.39, 0.29) is 28.8 Å². The third-order valence-corrected chi connectivity index (χ3v) is 8.02. The molecular weight excluding hydrogens is 530 g/mol. The SMILES string of the molecule is CO/N=C(\C(=O)N[C@@H]1C(=O)N2C(C(=O)[O-])=C(C[n+]3ccn4c(Cl)cccc43)CS[C@H]12)c1csc(N)n1. The predicted octanol–water partition coefficient (Wildman–Crippen LogP) is -0.626. The van der Waals surface area contributed by atoms with Gasteiger partial charge < -0.3 is 25.8 Å². The number of pyridine rings is 1. The van der Waals surface area contributed by atoms with Crippen molar-refractivity contribution in [1.82, 2.24) is 19.6 Å². The van der Waals surface area contributed by atoms with Gasteiger partial charge in [-0.25, -0.2) is 9.55 Å². The van der Waals surface area contributed by atoms with Crippen LogP contribution < -0.4 is 20.7 Å². The van der Waals surface area contributed by atoms with Gasteiger partial charge in [-0.15, -0.1) is 23.1 Å². The van der Waals surface area contributed by atoms with E-state index in [4.69, 9.17) is 22.2 Å². The van der Waals surface area contributed by atoms with Gasteiger partial charge in [0.25, 0.3) is 17.5 Å². The Kier molecular flexibility index (Phi) is 6.32. The molecule has 0 unspecified atom stereocenters. The number of nitrogens with two attached hydrogens (primary N) is 1. The molecule has 0 saturated carbocycles. The van der Waals surface area contributed by atoms with Crippen LogP contribution in [0.25, 0.3) is 5.65 Å². The molecule has 5 heterocycles. The van der Waals surface area contributed by atoms with Gasteiger partial charge >= 0.3 is 0 Å². The number of fused-ring (bicyclic) bond motifs is 2. The van der Waals surface area contributed by atoms with E-state index in [2.05, 4.69) is 15.5 Å². The van der Waals surface area contributed by atoms with E-state index in [1.807, 2.05) is 10.6 Å². The Bertz CT molecular complexity index is 1470. The number of thiazole rings is 1. The predicted molar refractivity (Wildman–Crippen MR) is 130 cm³/mol. The molecule has 2 aliphatic heterocycles. The maximum absolute atomic E-state index is 13.0. The third-order valence-electron chi connectivity index (χ3n) is 5.70. The van der Waals surface area contributed by atoms with Crippen LogP contribution in [-0.4, -0.2) is 62.1 Å². The van der Waals surface area contributed by atoms with E-state index >= 15 is 0 Å². The number of carbonyl (C=O) groups is 3. The van der Waals surface area contributed by atoms with Gasteiger partial charge in [0.2, 0.25) is 0 Å². The smallest absolute Gasteiger partial charge is 0.287 e. The number of β-lactam (4-membered cyclic amide) rings is 1. The minimum Gasteiger partial charge on any atom is -0.543 e. The third kappa shape index (κ3) is 4.06. The Hall–Kier alpha value is -3.62. The summed E-state index contributed by atoms with van der Waals surface area (Å²) in [5.41, 5.74) is 6.77. The maximum atomic E-state index is 13.0. The van der Waals surface area contributed by atoms with E-state index in [1.54, 1.807) is 28.9 Å². The molecule has 3 N–H and O–H groups in total. The van der Waals surface area contributed by atoms with Crippen LogP contribution in [0.5, 0.6) is 0 Å². The first-order valence-electron chi connectivity index (χ1n) is 10.5. The van der Waals surface area contributed by atoms with E-state index < -0.39 is 29.2 Å². The first-order chi connectivity index (χ1) is 17.3. The van der Waals surface area contributed by atoms with Gasteiger partial charge in [-0.3, -0.25) is 14.5 Å². The van der Waals surface area contributed by atoms with Crippen LogP contribution >= 0.6 is 34.7 Å². The van der Waals surface area contributed by atoms with Crippen molar-refractivity contribution in [2.75, 3.05) is 18.6 Å². The fourth-order valence-corrected chi connectivity index (χ4v) is 6.22. The summed E-state index contributed by atoms with van der Waals surface area (Å²) in [7, 11) is 1.27. The lowest BCUT2D eigenvalue weighted by atomic mass is 10.0. The lowest BCUT2D eigenvalue weighted by Gasteiger charge is -2.50. The van der Waals surface area contributed by atoms with Crippen LogP contribution in [-0.2, 0) is 25.8 Å². The number of hydrogen-bond acceptors (Lipinski definition) is 10. The first kappa shape index (κ1) is 24.1. The van der Waals surface area contributed by atoms with Gasteiger partial charge in [-0.1, -0.05) is 5.16 Å². The van der Waals surface area contributed by atoms with Crippen LogP contribution in [0.15, 0.2) is 52.4 Å². The van der Waals surface area contributed by atoms with Crippen molar-refractivity contribution in [3.05, 3.63) is 58.1 Å². The van der Waals surface area contributed by atoms with E-state index in [9.17, 15) is 19.5 Å². The molecule has 12 nitrogen and oxygen atoms in total. The number of imidazole rings is 1. The molecule has 0 radical (unpaired) electrons. The minimum atomic E-state index is -1.46. The van der Waals surface area contributed by atoms with Crippen molar-refractivity contribution in [3.63, 3.8) is 0 Å². The molecule has 2 amide bonds. The number of nitrogens with one attached hydrogen (secondary N) is 1. The molecule has 3 aromatic rings. The maximum Gasteiger partial charge on any atom is 0.287 e. The normalized spacial score (nSPS) is 19.8. The molecule has 5 rings (SSSR count). The number of nitrogen functional groups attached to an aromatic ring is 1. The number of carbonyl (C=O) groups excluding carboxylic acids is 3. The van der Waals surface area contributed by atoms with E-state index in [0.29, 0.717) is 16.5 Å². The standard InChI is InChI=1S/C21H18ClN7O5S2/c1-34-26-14(11-9-36-21(23)24-11)17(30)25-15-18(31)29-16(20(32)33)10(8-35-19(15)29)7-27-5-6-28-12(22)3-2-4-13(27)28/h2-6,9,15,19H,7-8H2,1H3,(H3-,23,24,25,30,32,33)/b26-14-/t15-,19-/m1/s1. The first-order valence-corrected chi connectivity index (χ1v) is 12.8. The Morgan fingerprint density at radius 3 is 2.94 bits per heavy atom. The number of amides is 2. The highest BCUT2D eigenvalue weighted by Crippen LogP contribution is 2.40. The molecule has 36 heavy (non-hydrogen) atoms. The van der Waals surface area contributed by atoms with Gasteiger partial charge in [0.05, 0.1) is 11.7 Å². The molecule has 15 heteroatoms. The van der Waals surface area contributed by atoms with Gasteiger partial charge in [0, 0.05) is 22.8 Å². The average Bonchev–Trinajstić information content (AvgIpc) is 3.47. The number of oxime groups is 1. The molecule has 2 aliphatic rings. The summed E-state index contributed by atoms with van der Waals surface area (Å²) in [5.74, 6) is -2.41. The molecule has 1 fully saturated rings. The zero-order valence-electron chi connectivity index (χ0n) is 18.6. The Balaban J connectivity index is 1.38. The summed E-state index contributed by atoms with van der Waals surface area (Å²) in [5, 5.41) is 20.1. The molecule has 0 aromatic carbocycles. The Morgan fingerprint density at radius 2 is 2.25 bits per heavy atom. The van der Waals surface area contributed by atoms with Crippen molar-refractivity contribution in [2.45, 2.75) is 18.0 Å². The van der Waals surface area contributed by atoms with Crippen molar-refractivity contribution >= 4 is 69.0 Å². The fourth-order valence-electron chi connectivity index (χ4n) is 4.12. The summed E-state index contributed by atoms with van der Waals surface area (Å²) >= 11 is 8.68. The summed E-state index contributed by atoms with van der Waals surface area (Å²) in [6, 6.07) is 4.42. The Labute approximate surface area is 217 Å². The zero-order chi connectivity index (χ0) is 25.6. The largest absolute Gasteiger partial charge is 0.543 e. The molecule has 0 spiro atoms. The highest BCUT2D eigenvalue weighted by Gasteiger charge is 2.53. The quantitative estimate of drug-likeness (QED) is 0.130. The van der Waals surface area contributed by atoms with Gasteiger partial charge in [-0.2, -0.15) is 4.40 Å². The highest BCUT2D eigenvalue weighted by molar-refractivity contribution is 8.00. The van der Waals surface area contributed by atoms with Crippen molar-refractivity contribution in [2.24, 2.45) is 5.16 Å². The van der Waals surface area contributed by atoms with Crippen molar-refractivity contribution in [3.8, 4) is 0 Å². The van der Waals surface area contributed by atoms with Crippen LogP contribution in [0.3, 0.4) is 0 Å². The average molecular weight is 548 g/mol. The molecular formula is C21H18ClN7O5S2. The van der Waals surface area contributed by atoms with E-state index in [1.165, 1.54) is 24.3 Å². The number of anilines is 1. The Morgan fingerprint density at radius 1 is 1.44 bits per heavy atom. The number of halogens is 1. The summed E-state index contributed by atoms with van der Waals surface area (Å²) in [6.45, 7) is 0.219. The number of carboxylic acid groups (broad SMARTS) is 1. The zero-order valence-corrected chi connectivity index (χ0v) is 21.0. The molecule has 2 atom stereocenters. The topological polar surface area (TPSA) is 158 Å². The second-order valence-electron chi connectivity index (χ2n) is 7.80. The van der Waals surface area contributed by atoms with Gasteiger partial charge in [-0.05, 0) is 23.7 Å². The molecule has 0 aliphatic carbocycles. The lowest BCUT2D eigenvalue weighted by molar-refractivity contribution is -0.662.